The average molecular weight is 281 g/mol. The molecule has 0 saturated carbocycles. The Hall–Kier alpha value is -0.250. The van der Waals surface area contributed by atoms with Crippen molar-refractivity contribution in [2.45, 2.75) is 96.2 Å². The largest absolute Gasteiger partial charge is 0.389 e. The summed E-state index contributed by atoms with van der Waals surface area (Å²) < 4.78 is 35.9. The van der Waals surface area contributed by atoms with Crippen LogP contribution in [0, 0.1) is 0 Å². The van der Waals surface area contributed by atoms with Gasteiger partial charge in [-0.05, 0) is 12.8 Å². The second-order valence-electron chi connectivity index (χ2n) is 5.53. The highest BCUT2D eigenvalue weighted by Gasteiger charge is 2.27. The van der Waals surface area contributed by atoms with Crippen molar-refractivity contribution in [1.82, 2.24) is 0 Å². The van der Waals surface area contributed by atoms with E-state index in [2.05, 4.69) is 6.92 Å². The zero-order valence-electron chi connectivity index (χ0n) is 12.3. The summed E-state index contributed by atoms with van der Waals surface area (Å²) in [6.07, 6.45) is 7.05. The summed E-state index contributed by atoms with van der Waals surface area (Å²) >= 11 is 0. The lowest BCUT2D eigenvalue weighted by atomic mass is 10.0. The summed E-state index contributed by atoms with van der Waals surface area (Å²) in [7, 11) is 0. The van der Waals surface area contributed by atoms with Crippen LogP contribution in [0.2, 0.25) is 0 Å². The van der Waals surface area contributed by atoms with E-state index >= 15 is 0 Å². The van der Waals surface area contributed by atoms with E-state index in [1.165, 1.54) is 44.9 Å². The number of halogens is 3. The van der Waals surface area contributed by atoms with Gasteiger partial charge in [0.05, 0.1) is 0 Å². The smallest absolute Gasteiger partial charge is 0.328 e. The summed E-state index contributed by atoms with van der Waals surface area (Å²) in [5, 5.41) is 0. The zero-order valence-corrected chi connectivity index (χ0v) is 12.3. The molecule has 0 radical (unpaired) electrons. The summed E-state index contributed by atoms with van der Waals surface area (Å²) in [4.78, 5) is 0. The molecule has 1 unspecified atom stereocenters. The van der Waals surface area contributed by atoms with Crippen LogP contribution in [-0.4, -0.2) is 12.2 Å². The molecule has 0 rings (SSSR count). The van der Waals surface area contributed by atoms with Crippen molar-refractivity contribution in [2.75, 3.05) is 0 Å². The van der Waals surface area contributed by atoms with Crippen molar-refractivity contribution < 1.29 is 13.2 Å². The third kappa shape index (κ3) is 15.7. The van der Waals surface area contributed by atoms with Gasteiger partial charge in [-0.2, -0.15) is 13.2 Å². The predicted octanol–water partition coefficient (Wildman–Crippen LogP) is 5.58. The van der Waals surface area contributed by atoms with E-state index in [-0.39, 0.29) is 12.5 Å². The van der Waals surface area contributed by atoms with Crippen LogP contribution < -0.4 is 5.73 Å². The maximum Gasteiger partial charge on any atom is 0.389 e. The maximum atomic E-state index is 12.0. The highest BCUT2D eigenvalue weighted by atomic mass is 19.4. The molecule has 0 bridgehead atoms. The lowest BCUT2D eigenvalue weighted by Crippen LogP contribution is -2.22. The highest BCUT2D eigenvalue weighted by Crippen LogP contribution is 2.23. The maximum absolute atomic E-state index is 12.0. The SMILES string of the molecule is CCCCCCCCCCCC(N)CCC(F)(F)F. The van der Waals surface area contributed by atoms with Crippen molar-refractivity contribution in [3.05, 3.63) is 0 Å². The van der Waals surface area contributed by atoms with Gasteiger partial charge in [-0.3, -0.25) is 0 Å². The van der Waals surface area contributed by atoms with Crippen molar-refractivity contribution in [2.24, 2.45) is 5.73 Å². The molecule has 0 aromatic carbocycles. The third-order valence-electron chi connectivity index (χ3n) is 3.48. The molecule has 0 aromatic rings. The van der Waals surface area contributed by atoms with Crippen LogP contribution in [0.3, 0.4) is 0 Å². The highest BCUT2D eigenvalue weighted by molar-refractivity contribution is 4.64. The van der Waals surface area contributed by atoms with Gasteiger partial charge in [0.2, 0.25) is 0 Å². The number of hydrogen-bond donors (Lipinski definition) is 1. The Morgan fingerprint density at radius 1 is 0.789 bits per heavy atom. The Bertz CT molecular complexity index is 192. The van der Waals surface area contributed by atoms with Gasteiger partial charge < -0.3 is 5.73 Å². The van der Waals surface area contributed by atoms with Crippen LogP contribution in [0.15, 0.2) is 0 Å². The fraction of sp³-hybridized carbons (Fsp3) is 1.00. The van der Waals surface area contributed by atoms with Crippen molar-refractivity contribution >= 4 is 0 Å². The van der Waals surface area contributed by atoms with E-state index in [1.807, 2.05) is 0 Å². The Morgan fingerprint density at radius 2 is 1.26 bits per heavy atom. The molecule has 0 fully saturated rings. The lowest BCUT2D eigenvalue weighted by molar-refractivity contribution is -0.136. The van der Waals surface area contributed by atoms with Crippen LogP contribution in [0.25, 0.3) is 0 Å². The van der Waals surface area contributed by atoms with E-state index in [4.69, 9.17) is 5.73 Å². The Morgan fingerprint density at radius 3 is 1.74 bits per heavy atom. The number of alkyl halides is 3. The first-order valence-electron chi connectivity index (χ1n) is 7.78. The van der Waals surface area contributed by atoms with Gasteiger partial charge in [-0.1, -0.05) is 64.7 Å². The van der Waals surface area contributed by atoms with Crippen molar-refractivity contribution in [3.63, 3.8) is 0 Å². The first kappa shape index (κ1) is 18.8. The van der Waals surface area contributed by atoms with Gasteiger partial charge in [0.25, 0.3) is 0 Å². The Kier molecular flexibility index (Phi) is 11.4. The number of rotatable bonds is 12. The lowest BCUT2D eigenvalue weighted by Gasteiger charge is -2.12. The average Bonchev–Trinajstić information content (AvgIpc) is 2.33. The molecule has 0 amide bonds. The van der Waals surface area contributed by atoms with E-state index in [9.17, 15) is 13.2 Å². The van der Waals surface area contributed by atoms with Crippen molar-refractivity contribution in [3.8, 4) is 0 Å². The molecule has 4 heteroatoms. The summed E-state index contributed by atoms with van der Waals surface area (Å²) in [5.74, 6) is 0. The van der Waals surface area contributed by atoms with Crippen LogP contribution >= 0.6 is 0 Å². The molecular weight excluding hydrogens is 251 g/mol. The summed E-state index contributed by atoms with van der Waals surface area (Å²) in [6, 6.07) is -0.286. The van der Waals surface area contributed by atoms with Crippen LogP contribution in [0.1, 0.15) is 84.0 Å². The fourth-order valence-corrected chi connectivity index (χ4v) is 2.21. The summed E-state index contributed by atoms with van der Waals surface area (Å²) in [6.45, 7) is 2.21. The van der Waals surface area contributed by atoms with Gasteiger partial charge in [0, 0.05) is 12.5 Å². The zero-order chi connectivity index (χ0) is 14.6. The predicted molar refractivity (Wildman–Crippen MR) is 75.1 cm³/mol. The molecule has 0 aromatic heterocycles. The summed E-state index contributed by atoms with van der Waals surface area (Å²) in [5.41, 5.74) is 5.68. The first-order valence-corrected chi connectivity index (χ1v) is 7.78. The van der Waals surface area contributed by atoms with Gasteiger partial charge >= 0.3 is 6.18 Å². The van der Waals surface area contributed by atoms with E-state index in [0.717, 1.165) is 19.3 Å². The molecule has 0 aliphatic rings. The normalized spacial score (nSPS) is 13.7. The fourth-order valence-electron chi connectivity index (χ4n) is 2.21. The number of nitrogens with two attached hydrogens (primary N) is 1. The molecule has 19 heavy (non-hydrogen) atoms. The Balaban J connectivity index is 3.21. The van der Waals surface area contributed by atoms with E-state index in [1.54, 1.807) is 0 Å². The molecule has 1 nitrogen and oxygen atoms in total. The minimum absolute atomic E-state index is 0.0700. The minimum Gasteiger partial charge on any atom is -0.328 e. The molecule has 0 saturated heterocycles. The molecule has 0 aliphatic carbocycles. The van der Waals surface area contributed by atoms with E-state index in [0.29, 0.717) is 0 Å². The van der Waals surface area contributed by atoms with Gasteiger partial charge in [0.15, 0.2) is 0 Å². The monoisotopic (exact) mass is 281 g/mol. The van der Waals surface area contributed by atoms with Gasteiger partial charge in [-0.15, -0.1) is 0 Å². The van der Waals surface area contributed by atoms with Crippen LogP contribution in [0.5, 0.6) is 0 Å². The molecule has 1 atom stereocenters. The van der Waals surface area contributed by atoms with Crippen LogP contribution in [-0.2, 0) is 0 Å². The molecule has 0 aliphatic heterocycles. The molecule has 2 N–H and O–H groups in total. The van der Waals surface area contributed by atoms with Gasteiger partial charge in [-0.25, -0.2) is 0 Å². The quantitative estimate of drug-likeness (QED) is 0.464. The van der Waals surface area contributed by atoms with E-state index < -0.39 is 12.6 Å². The second-order valence-corrected chi connectivity index (χ2v) is 5.53. The number of unbranched alkanes of at least 4 members (excludes halogenated alkanes) is 8. The van der Waals surface area contributed by atoms with Crippen LogP contribution in [0.4, 0.5) is 13.2 Å². The molecule has 0 heterocycles. The minimum atomic E-state index is -4.06. The standard InChI is InChI=1S/C15H30F3N/c1-2-3-4-5-6-7-8-9-10-11-14(19)12-13-15(16,17)18/h14H,2-13,19H2,1H3. The number of hydrogen-bond acceptors (Lipinski definition) is 1. The van der Waals surface area contributed by atoms with Crippen molar-refractivity contribution in [1.29, 1.82) is 0 Å². The van der Waals surface area contributed by atoms with Gasteiger partial charge in [0.1, 0.15) is 0 Å². The molecule has 0 spiro atoms. The molecule has 116 valence electrons. The topological polar surface area (TPSA) is 26.0 Å². The third-order valence-corrected chi connectivity index (χ3v) is 3.48. The second kappa shape index (κ2) is 11.6. The Labute approximate surface area is 116 Å². The molecular formula is C15H30F3N. The first-order chi connectivity index (χ1) is 8.95.